The van der Waals surface area contributed by atoms with Crippen LogP contribution in [0.3, 0.4) is 0 Å². The zero-order valence-corrected chi connectivity index (χ0v) is 23.7. The minimum Gasteiger partial charge on any atom is -0.495 e. The van der Waals surface area contributed by atoms with Crippen molar-refractivity contribution >= 4 is 45.3 Å². The second-order valence-electron chi connectivity index (χ2n) is 10.2. The average molecular weight is 569 g/mol. The highest BCUT2D eigenvalue weighted by Crippen LogP contribution is 2.37. The first-order valence-electron chi connectivity index (χ1n) is 13.9. The van der Waals surface area contributed by atoms with Crippen molar-refractivity contribution in [2.75, 3.05) is 31.2 Å². The number of hydrogen-bond donors (Lipinski definition) is 2. The molecule has 0 radical (unpaired) electrons. The summed E-state index contributed by atoms with van der Waals surface area (Å²) in [6, 6.07) is 15.4. The number of aromatic nitrogens is 5. The van der Waals surface area contributed by atoms with Crippen molar-refractivity contribution in [3.05, 3.63) is 60.6 Å². The topological polar surface area (TPSA) is 142 Å². The Kier molecular flexibility index (Phi) is 7.21. The van der Waals surface area contributed by atoms with Crippen LogP contribution in [-0.2, 0) is 16.2 Å². The van der Waals surface area contributed by atoms with Crippen LogP contribution in [0.5, 0.6) is 5.75 Å². The van der Waals surface area contributed by atoms with Crippen molar-refractivity contribution < 1.29 is 19.2 Å². The Labute approximate surface area is 242 Å². The number of aryl methyl sites for hydroxylation is 1. The summed E-state index contributed by atoms with van der Waals surface area (Å²) in [6.07, 6.45) is 2.87. The van der Waals surface area contributed by atoms with Crippen LogP contribution in [0.15, 0.2) is 54.9 Å². The molecule has 12 nitrogen and oxygen atoms in total. The van der Waals surface area contributed by atoms with E-state index in [-0.39, 0.29) is 17.9 Å². The number of carbonyl (C=O) groups is 2. The highest BCUT2D eigenvalue weighted by molar-refractivity contribution is 6.07. The molecular weight excluding hydrogens is 536 g/mol. The van der Waals surface area contributed by atoms with Crippen molar-refractivity contribution in [2.24, 2.45) is 0 Å². The second-order valence-corrected chi connectivity index (χ2v) is 10.2. The number of benzene rings is 2. The van der Waals surface area contributed by atoms with E-state index >= 15 is 0 Å². The minimum atomic E-state index is -0.331. The van der Waals surface area contributed by atoms with Gasteiger partial charge in [-0.2, -0.15) is 5.10 Å². The number of carbonyl (C=O) groups excluding carboxylic acids is 2. The number of rotatable bonds is 7. The number of nitrogen functional groups attached to an aromatic ring is 1. The smallest absolute Gasteiger partial charge is 0.322 e. The molecule has 0 unspecified atom stereocenters. The Morgan fingerprint density at radius 3 is 2.62 bits per heavy atom. The Balaban J connectivity index is 1.32. The summed E-state index contributed by atoms with van der Waals surface area (Å²) in [6.45, 7) is 5.24. The molecule has 4 heterocycles. The van der Waals surface area contributed by atoms with Crippen molar-refractivity contribution in [2.45, 2.75) is 39.3 Å². The van der Waals surface area contributed by atoms with Gasteiger partial charge in [0.1, 0.15) is 29.3 Å². The molecule has 42 heavy (non-hydrogen) atoms. The van der Waals surface area contributed by atoms with Crippen molar-refractivity contribution in [1.82, 2.24) is 29.4 Å². The van der Waals surface area contributed by atoms with Crippen LogP contribution < -0.4 is 15.8 Å². The van der Waals surface area contributed by atoms with Crippen LogP contribution >= 0.6 is 0 Å². The molecule has 0 aliphatic carbocycles. The summed E-state index contributed by atoms with van der Waals surface area (Å²) in [5.41, 5.74) is 10.4. The maximum absolute atomic E-state index is 13.4. The van der Waals surface area contributed by atoms with E-state index < -0.39 is 0 Å². The summed E-state index contributed by atoms with van der Waals surface area (Å²) in [7, 11) is 1.56. The minimum absolute atomic E-state index is 0.0353. The number of piperidine rings is 1. The Morgan fingerprint density at radius 1 is 1.10 bits per heavy atom. The SMILES string of the molecule is CCn1c(C(=O)Nc2ccc(-c3nn(C4CCN(OC(C)=O)CC4)c4ncnc(N)c34)cc2OC)cc2ccccc21. The molecular formula is C30H32N8O4. The summed E-state index contributed by atoms with van der Waals surface area (Å²) in [4.78, 5) is 38.8. The maximum atomic E-state index is 13.4. The molecule has 1 saturated heterocycles. The maximum Gasteiger partial charge on any atom is 0.322 e. The molecule has 1 fully saturated rings. The van der Waals surface area contributed by atoms with Gasteiger partial charge in [0.2, 0.25) is 0 Å². The fourth-order valence-corrected chi connectivity index (χ4v) is 5.68. The summed E-state index contributed by atoms with van der Waals surface area (Å²) in [5.74, 6) is 0.240. The van der Waals surface area contributed by atoms with Gasteiger partial charge in [0.25, 0.3) is 5.91 Å². The van der Waals surface area contributed by atoms with Crippen molar-refractivity contribution in [3.8, 4) is 17.0 Å². The van der Waals surface area contributed by atoms with E-state index in [1.165, 1.54) is 13.3 Å². The number of nitrogens with zero attached hydrogens (tertiary/aromatic N) is 6. The number of nitrogens with two attached hydrogens (primary N) is 1. The van der Waals surface area contributed by atoms with E-state index in [0.717, 1.165) is 29.3 Å². The standard InChI is InChI=1S/C30H32N8O4/c1-4-37-23-8-6-5-7-19(23)15-24(37)30(40)34-22-10-9-20(16-25(22)41-3)27-26-28(31)32-17-33-29(26)38(35-27)21-11-13-36(14-12-21)42-18(2)39/h5-10,15-17,21H,4,11-14H2,1-3H3,(H,34,40)(H2,31,32,33). The molecule has 0 saturated carbocycles. The molecule has 0 atom stereocenters. The molecule has 0 bridgehead atoms. The average Bonchev–Trinajstić information content (AvgIpc) is 3.57. The first-order chi connectivity index (χ1) is 20.4. The Morgan fingerprint density at radius 2 is 1.88 bits per heavy atom. The van der Waals surface area contributed by atoms with Gasteiger partial charge in [0.05, 0.1) is 24.2 Å². The molecule has 12 heteroatoms. The van der Waals surface area contributed by atoms with Gasteiger partial charge in [-0.15, -0.1) is 5.06 Å². The first-order valence-corrected chi connectivity index (χ1v) is 13.9. The third-order valence-electron chi connectivity index (χ3n) is 7.63. The Bertz CT molecular complexity index is 1800. The van der Waals surface area contributed by atoms with Gasteiger partial charge in [-0.3, -0.25) is 9.59 Å². The van der Waals surface area contributed by atoms with E-state index in [4.69, 9.17) is 20.4 Å². The molecule has 1 aliphatic heterocycles. The number of amides is 1. The predicted molar refractivity (Wildman–Crippen MR) is 159 cm³/mol. The summed E-state index contributed by atoms with van der Waals surface area (Å²) < 4.78 is 9.58. The lowest BCUT2D eigenvalue weighted by atomic mass is 10.1. The highest BCUT2D eigenvalue weighted by atomic mass is 16.7. The van der Waals surface area contributed by atoms with Gasteiger partial charge in [-0.25, -0.2) is 14.6 Å². The van der Waals surface area contributed by atoms with E-state index in [1.54, 1.807) is 18.2 Å². The number of hydroxylamine groups is 2. The molecule has 3 aromatic heterocycles. The van der Waals surface area contributed by atoms with Crippen LogP contribution in [0, 0.1) is 0 Å². The predicted octanol–water partition coefficient (Wildman–Crippen LogP) is 4.43. The summed E-state index contributed by atoms with van der Waals surface area (Å²) >= 11 is 0. The van der Waals surface area contributed by atoms with Crippen molar-refractivity contribution in [1.29, 1.82) is 0 Å². The van der Waals surface area contributed by atoms with E-state index in [0.29, 0.717) is 59.3 Å². The van der Waals surface area contributed by atoms with Gasteiger partial charge in [-0.05, 0) is 44.0 Å². The molecule has 2 aromatic carbocycles. The number of anilines is 2. The molecule has 1 amide bonds. The summed E-state index contributed by atoms with van der Waals surface area (Å²) in [5, 5.41) is 11.3. The highest BCUT2D eigenvalue weighted by Gasteiger charge is 2.27. The largest absolute Gasteiger partial charge is 0.495 e. The van der Waals surface area contributed by atoms with E-state index in [9.17, 15) is 9.59 Å². The molecule has 216 valence electrons. The van der Waals surface area contributed by atoms with Gasteiger partial charge in [0, 0.05) is 43.0 Å². The zero-order chi connectivity index (χ0) is 29.4. The third kappa shape index (κ3) is 4.90. The van der Waals surface area contributed by atoms with E-state index in [1.807, 2.05) is 58.6 Å². The van der Waals surface area contributed by atoms with Gasteiger partial charge < -0.3 is 25.2 Å². The normalized spacial score (nSPS) is 14.4. The fourth-order valence-electron chi connectivity index (χ4n) is 5.68. The molecule has 1 aliphatic rings. The van der Waals surface area contributed by atoms with Gasteiger partial charge in [0.15, 0.2) is 5.65 Å². The quantitative estimate of drug-likeness (QED) is 0.292. The molecule has 5 aromatic rings. The van der Waals surface area contributed by atoms with Crippen LogP contribution in [0.25, 0.3) is 33.2 Å². The van der Waals surface area contributed by atoms with Gasteiger partial charge in [-0.1, -0.05) is 24.3 Å². The fraction of sp³-hybridized carbons (Fsp3) is 0.300. The lowest BCUT2D eigenvalue weighted by Gasteiger charge is -2.30. The van der Waals surface area contributed by atoms with Crippen LogP contribution in [0.1, 0.15) is 43.2 Å². The van der Waals surface area contributed by atoms with Gasteiger partial charge >= 0.3 is 5.97 Å². The zero-order valence-electron chi connectivity index (χ0n) is 23.7. The lowest BCUT2D eigenvalue weighted by molar-refractivity contribution is -0.193. The molecule has 0 spiro atoms. The van der Waals surface area contributed by atoms with E-state index in [2.05, 4.69) is 15.3 Å². The number of fused-ring (bicyclic) bond motifs is 2. The number of hydrogen-bond acceptors (Lipinski definition) is 9. The first kappa shape index (κ1) is 27.2. The van der Waals surface area contributed by atoms with Crippen molar-refractivity contribution in [3.63, 3.8) is 0 Å². The monoisotopic (exact) mass is 568 g/mol. The molecule has 6 rings (SSSR count). The number of nitrogens with one attached hydrogen (secondary N) is 1. The number of methoxy groups -OCH3 is 1. The van der Waals surface area contributed by atoms with Crippen LogP contribution in [0.2, 0.25) is 0 Å². The van der Waals surface area contributed by atoms with Crippen LogP contribution in [0.4, 0.5) is 11.5 Å². The second kappa shape index (κ2) is 11.1. The number of para-hydroxylation sites is 1. The Hall–Kier alpha value is -4.97. The lowest BCUT2D eigenvalue weighted by Crippen LogP contribution is -2.36. The van der Waals surface area contributed by atoms with Crippen LogP contribution in [-0.4, -0.2) is 61.5 Å². The molecule has 3 N–H and O–H groups in total. The number of ether oxygens (including phenoxy) is 1. The third-order valence-corrected chi connectivity index (χ3v) is 7.63.